The molecule has 0 aromatic rings. The Morgan fingerprint density at radius 1 is 1.40 bits per heavy atom. The van der Waals surface area contributed by atoms with Crippen LogP contribution in [0.2, 0.25) is 0 Å². The normalized spacial score (nSPS) is 25.4. The van der Waals surface area contributed by atoms with Gasteiger partial charge in [-0.2, -0.15) is 0 Å². The molecule has 0 bridgehead atoms. The molecule has 1 heterocycles. The van der Waals surface area contributed by atoms with Gasteiger partial charge < -0.3 is 5.32 Å². The van der Waals surface area contributed by atoms with Crippen LogP contribution in [0.3, 0.4) is 0 Å². The van der Waals surface area contributed by atoms with Crippen molar-refractivity contribution in [2.24, 2.45) is 5.92 Å². The zero-order chi connectivity index (χ0) is 11.5. The van der Waals surface area contributed by atoms with Crippen LogP contribution in [0, 0.1) is 5.92 Å². The average molecular weight is 212 g/mol. The molecule has 3 nitrogen and oxygen atoms in total. The molecular formula is C12H24N2O. The van der Waals surface area contributed by atoms with Crippen LogP contribution in [0.15, 0.2) is 0 Å². The maximum Gasteiger partial charge on any atom is 0.237 e. The number of hydrogen-bond donors (Lipinski definition) is 2. The molecule has 15 heavy (non-hydrogen) atoms. The third kappa shape index (κ3) is 2.94. The van der Waals surface area contributed by atoms with E-state index in [1.54, 1.807) is 0 Å². The second kappa shape index (κ2) is 4.97. The summed E-state index contributed by atoms with van der Waals surface area (Å²) in [6, 6.07) is -0.00125. The zero-order valence-electron chi connectivity index (χ0n) is 10.4. The fourth-order valence-electron chi connectivity index (χ4n) is 2.21. The minimum Gasteiger partial charge on any atom is -0.353 e. The third-order valence-electron chi connectivity index (χ3n) is 3.46. The van der Waals surface area contributed by atoms with Gasteiger partial charge in [0.25, 0.3) is 0 Å². The van der Waals surface area contributed by atoms with E-state index >= 15 is 0 Å². The van der Waals surface area contributed by atoms with Gasteiger partial charge in [-0.25, -0.2) is 0 Å². The van der Waals surface area contributed by atoms with E-state index in [1.165, 1.54) is 0 Å². The highest BCUT2D eigenvalue weighted by molar-refractivity contribution is 5.82. The number of carbonyl (C=O) groups excluding carboxylic acids is 1. The van der Waals surface area contributed by atoms with Crippen molar-refractivity contribution in [2.45, 2.75) is 58.5 Å². The largest absolute Gasteiger partial charge is 0.353 e. The first-order chi connectivity index (χ1) is 7.03. The van der Waals surface area contributed by atoms with E-state index in [0.29, 0.717) is 5.92 Å². The van der Waals surface area contributed by atoms with Gasteiger partial charge >= 0.3 is 0 Å². The van der Waals surface area contributed by atoms with E-state index in [0.717, 1.165) is 25.8 Å². The molecule has 1 atom stereocenters. The Morgan fingerprint density at radius 2 is 2.00 bits per heavy atom. The molecule has 0 aliphatic carbocycles. The molecule has 1 aliphatic heterocycles. The Kier molecular flexibility index (Phi) is 4.14. The first kappa shape index (κ1) is 12.5. The number of hydrogen-bond acceptors (Lipinski definition) is 2. The monoisotopic (exact) mass is 212 g/mol. The van der Waals surface area contributed by atoms with Gasteiger partial charge in [0.05, 0.1) is 6.04 Å². The van der Waals surface area contributed by atoms with Gasteiger partial charge in [-0.05, 0) is 25.2 Å². The second-order valence-electron chi connectivity index (χ2n) is 5.03. The molecule has 1 rings (SSSR count). The van der Waals surface area contributed by atoms with Crippen LogP contribution < -0.4 is 10.6 Å². The van der Waals surface area contributed by atoms with Crippen molar-refractivity contribution in [1.29, 1.82) is 0 Å². The topological polar surface area (TPSA) is 41.1 Å². The Labute approximate surface area is 93.0 Å². The molecule has 1 saturated heterocycles. The van der Waals surface area contributed by atoms with Crippen LogP contribution >= 0.6 is 0 Å². The number of amides is 1. The second-order valence-corrected chi connectivity index (χ2v) is 5.03. The van der Waals surface area contributed by atoms with Crippen molar-refractivity contribution >= 4 is 5.91 Å². The van der Waals surface area contributed by atoms with Gasteiger partial charge in [-0.15, -0.1) is 0 Å². The van der Waals surface area contributed by atoms with Crippen LogP contribution in [-0.4, -0.2) is 24.0 Å². The molecule has 0 unspecified atom stereocenters. The minimum atomic E-state index is -0.00125. The highest BCUT2D eigenvalue weighted by Crippen LogP contribution is 2.20. The van der Waals surface area contributed by atoms with E-state index in [1.807, 2.05) is 0 Å². The maximum absolute atomic E-state index is 11.7. The molecular weight excluding hydrogens is 188 g/mol. The van der Waals surface area contributed by atoms with Crippen molar-refractivity contribution in [2.75, 3.05) is 6.54 Å². The number of nitrogens with one attached hydrogen (secondary N) is 2. The zero-order valence-corrected chi connectivity index (χ0v) is 10.4. The lowest BCUT2D eigenvalue weighted by molar-refractivity contribution is -0.126. The predicted octanol–water partition coefficient (Wildman–Crippen LogP) is 1.68. The van der Waals surface area contributed by atoms with Crippen molar-refractivity contribution in [3.05, 3.63) is 0 Å². The lowest BCUT2D eigenvalue weighted by Crippen LogP contribution is -2.66. The van der Waals surface area contributed by atoms with Crippen LogP contribution in [0.5, 0.6) is 0 Å². The maximum atomic E-state index is 11.7. The van der Waals surface area contributed by atoms with Crippen molar-refractivity contribution in [3.8, 4) is 0 Å². The van der Waals surface area contributed by atoms with Gasteiger partial charge in [0.1, 0.15) is 0 Å². The molecule has 0 saturated carbocycles. The molecule has 0 aromatic carbocycles. The Morgan fingerprint density at radius 3 is 2.47 bits per heavy atom. The summed E-state index contributed by atoms with van der Waals surface area (Å²) in [6.45, 7) is 9.44. The van der Waals surface area contributed by atoms with Gasteiger partial charge in [0.15, 0.2) is 0 Å². The summed E-state index contributed by atoms with van der Waals surface area (Å²) in [7, 11) is 0. The van der Waals surface area contributed by atoms with Crippen LogP contribution in [0.1, 0.15) is 47.0 Å². The lowest BCUT2D eigenvalue weighted by Gasteiger charge is -2.41. The van der Waals surface area contributed by atoms with Crippen LogP contribution in [0.4, 0.5) is 0 Å². The number of carbonyl (C=O) groups is 1. The standard InChI is InChI=1S/C12H24N2O/c1-5-12(6-2)8-13-11(15)10(14-12)7-9(3)4/h9-10,14H,5-8H2,1-4H3,(H,13,15)/t10-/m1/s1. The number of rotatable bonds is 4. The summed E-state index contributed by atoms with van der Waals surface area (Å²) >= 11 is 0. The van der Waals surface area contributed by atoms with Gasteiger partial charge in [-0.1, -0.05) is 27.7 Å². The molecule has 1 aliphatic rings. The van der Waals surface area contributed by atoms with Crippen LogP contribution in [-0.2, 0) is 4.79 Å². The lowest BCUT2D eigenvalue weighted by atomic mass is 9.87. The molecule has 1 fully saturated rings. The van der Waals surface area contributed by atoms with Gasteiger partial charge in [0, 0.05) is 12.1 Å². The minimum absolute atomic E-state index is 0.00125. The molecule has 0 aromatic heterocycles. The summed E-state index contributed by atoms with van der Waals surface area (Å²) in [5.74, 6) is 0.721. The molecule has 0 radical (unpaired) electrons. The highest BCUT2D eigenvalue weighted by atomic mass is 16.2. The van der Waals surface area contributed by atoms with E-state index in [9.17, 15) is 4.79 Å². The fraction of sp³-hybridized carbons (Fsp3) is 0.917. The third-order valence-corrected chi connectivity index (χ3v) is 3.46. The smallest absolute Gasteiger partial charge is 0.237 e. The van der Waals surface area contributed by atoms with E-state index < -0.39 is 0 Å². The highest BCUT2D eigenvalue weighted by Gasteiger charge is 2.36. The first-order valence-corrected chi connectivity index (χ1v) is 6.08. The van der Waals surface area contributed by atoms with Crippen molar-refractivity contribution in [3.63, 3.8) is 0 Å². The SMILES string of the molecule is CCC1(CC)CNC(=O)[C@@H](CC(C)C)N1. The molecule has 1 amide bonds. The summed E-state index contributed by atoms with van der Waals surface area (Å²) in [5, 5.41) is 6.56. The summed E-state index contributed by atoms with van der Waals surface area (Å²) in [6.07, 6.45) is 3.06. The van der Waals surface area contributed by atoms with E-state index in [4.69, 9.17) is 0 Å². The molecule has 2 N–H and O–H groups in total. The quantitative estimate of drug-likeness (QED) is 0.744. The Hall–Kier alpha value is -0.570. The average Bonchev–Trinajstić information content (AvgIpc) is 2.21. The van der Waals surface area contributed by atoms with E-state index in [-0.39, 0.29) is 17.5 Å². The van der Waals surface area contributed by atoms with Gasteiger partial charge in [0.2, 0.25) is 5.91 Å². The predicted molar refractivity (Wildman–Crippen MR) is 62.7 cm³/mol. The van der Waals surface area contributed by atoms with Crippen LogP contribution in [0.25, 0.3) is 0 Å². The Balaban J connectivity index is 2.66. The molecule has 3 heteroatoms. The number of piperazine rings is 1. The van der Waals surface area contributed by atoms with Crippen molar-refractivity contribution < 1.29 is 4.79 Å². The summed E-state index contributed by atoms with van der Waals surface area (Å²) < 4.78 is 0. The summed E-state index contributed by atoms with van der Waals surface area (Å²) in [4.78, 5) is 11.7. The van der Waals surface area contributed by atoms with Crippen molar-refractivity contribution in [1.82, 2.24) is 10.6 Å². The molecule has 88 valence electrons. The van der Waals surface area contributed by atoms with Gasteiger partial charge in [-0.3, -0.25) is 10.1 Å². The Bertz CT molecular complexity index is 222. The van der Waals surface area contributed by atoms with E-state index in [2.05, 4.69) is 38.3 Å². The fourth-order valence-corrected chi connectivity index (χ4v) is 2.21. The summed E-state index contributed by atoms with van der Waals surface area (Å²) in [5.41, 5.74) is 0.119. The molecule has 0 spiro atoms. The first-order valence-electron chi connectivity index (χ1n) is 6.08.